The van der Waals surface area contributed by atoms with Gasteiger partial charge in [-0.3, -0.25) is 4.90 Å². The molecule has 1 fully saturated rings. The van der Waals surface area contributed by atoms with Crippen molar-refractivity contribution in [2.24, 2.45) is 5.73 Å². The Morgan fingerprint density at radius 3 is 2.78 bits per heavy atom. The van der Waals surface area contributed by atoms with Gasteiger partial charge in [-0.15, -0.1) is 11.3 Å². The summed E-state index contributed by atoms with van der Waals surface area (Å²) in [5, 5.41) is 2.04. The molecule has 1 saturated heterocycles. The van der Waals surface area contributed by atoms with Crippen LogP contribution in [0.1, 0.15) is 24.8 Å². The fourth-order valence-electron chi connectivity index (χ4n) is 2.61. The zero-order valence-electron chi connectivity index (χ0n) is 10.7. The molecule has 6 heteroatoms. The topological polar surface area (TPSA) is 63.4 Å². The summed E-state index contributed by atoms with van der Waals surface area (Å²) in [5.74, 6) is 0.480. The first kappa shape index (κ1) is 14.0. The van der Waals surface area contributed by atoms with E-state index >= 15 is 0 Å². The zero-order valence-corrected chi connectivity index (χ0v) is 12.4. The monoisotopic (exact) mass is 288 g/mol. The highest BCUT2D eigenvalue weighted by Crippen LogP contribution is 2.31. The van der Waals surface area contributed by atoms with Gasteiger partial charge < -0.3 is 5.73 Å². The number of hydrogen-bond acceptors (Lipinski definition) is 5. The van der Waals surface area contributed by atoms with Crippen LogP contribution in [0.3, 0.4) is 0 Å². The third-order valence-electron chi connectivity index (χ3n) is 3.41. The summed E-state index contributed by atoms with van der Waals surface area (Å²) in [7, 11) is -2.87. The van der Waals surface area contributed by atoms with Gasteiger partial charge in [-0.1, -0.05) is 6.07 Å². The van der Waals surface area contributed by atoms with Gasteiger partial charge in [0.2, 0.25) is 0 Å². The first-order valence-electron chi connectivity index (χ1n) is 6.16. The Labute approximate surface area is 113 Å². The van der Waals surface area contributed by atoms with E-state index in [0.29, 0.717) is 6.54 Å². The second-order valence-corrected chi connectivity index (χ2v) is 8.23. The van der Waals surface area contributed by atoms with Crippen molar-refractivity contribution in [3.8, 4) is 0 Å². The van der Waals surface area contributed by atoms with Crippen molar-refractivity contribution in [3.05, 3.63) is 22.4 Å². The zero-order chi connectivity index (χ0) is 13.3. The second kappa shape index (κ2) is 5.28. The summed E-state index contributed by atoms with van der Waals surface area (Å²) in [6.45, 7) is 4.54. The van der Waals surface area contributed by atoms with Crippen molar-refractivity contribution in [3.63, 3.8) is 0 Å². The lowest BCUT2D eigenvalue weighted by Gasteiger charge is -2.40. The highest BCUT2D eigenvalue weighted by atomic mass is 32.2. The van der Waals surface area contributed by atoms with E-state index in [1.165, 1.54) is 4.88 Å². The van der Waals surface area contributed by atoms with Gasteiger partial charge in [0.1, 0.15) is 0 Å². The van der Waals surface area contributed by atoms with Crippen molar-refractivity contribution >= 4 is 21.2 Å². The minimum absolute atomic E-state index is 0.00750. The fraction of sp³-hybridized carbons (Fsp3) is 0.667. The minimum Gasteiger partial charge on any atom is -0.326 e. The second-order valence-electron chi connectivity index (χ2n) is 5.02. The van der Waals surface area contributed by atoms with E-state index in [4.69, 9.17) is 5.73 Å². The van der Waals surface area contributed by atoms with Gasteiger partial charge in [0, 0.05) is 23.5 Å². The minimum atomic E-state index is -2.87. The van der Waals surface area contributed by atoms with Crippen LogP contribution in [-0.2, 0) is 9.84 Å². The van der Waals surface area contributed by atoms with Crippen LogP contribution < -0.4 is 5.73 Å². The molecule has 1 aliphatic heterocycles. The molecule has 0 saturated carbocycles. The molecule has 0 radical (unpaired) electrons. The van der Waals surface area contributed by atoms with Crippen molar-refractivity contribution in [1.82, 2.24) is 4.90 Å². The average molecular weight is 288 g/mol. The van der Waals surface area contributed by atoms with Gasteiger partial charge in [-0.25, -0.2) is 8.42 Å². The molecule has 2 N–H and O–H groups in total. The maximum atomic E-state index is 11.6. The van der Waals surface area contributed by atoms with Crippen LogP contribution in [0.4, 0.5) is 0 Å². The van der Waals surface area contributed by atoms with E-state index in [1.807, 2.05) is 25.3 Å². The third-order valence-corrected chi connectivity index (χ3v) is 6.15. The van der Waals surface area contributed by atoms with Crippen molar-refractivity contribution in [1.29, 1.82) is 0 Å². The Morgan fingerprint density at radius 1 is 1.56 bits per heavy atom. The lowest BCUT2D eigenvalue weighted by Crippen LogP contribution is -2.51. The largest absolute Gasteiger partial charge is 0.326 e. The van der Waals surface area contributed by atoms with E-state index < -0.39 is 9.84 Å². The maximum absolute atomic E-state index is 11.6. The Morgan fingerprint density at radius 2 is 2.28 bits per heavy atom. The molecule has 2 heterocycles. The van der Waals surface area contributed by atoms with Crippen LogP contribution >= 0.6 is 11.3 Å². The Kier molecular flexibility index (Phi) is 4.11. The van der Waals surface area contributed by atoms with Crippen molar-refractivity contribution in [2.45, 2.75) is 32.0 Å². The van der Waals surface area contributed by atoms with E-state index in [9.17, 15) is 8.42 Å². The number of nitrogens with zero attached hydrogens (tertiary/aromatic N) is 1. The Balaban J connectivity index is 2.23. The van der Waals surface area contributed by atoms with Crippen LogP contribution in [-0.4, -0.2) is 43.5 Å². The molecule has 0 bridgehead atoms. The fourth-order valence-corrected chi connectivity index (χ4v) is 5.15. The van der Waals surface area contributed by atoms with Gasteiger partial charge in [0.25, 0.3) is 0 Å². The van der Waals surface area contributed by atoms with E-state index in [2.05, 4.69) is 11.0 Å². The standard InChI is InChI=1S/C12H20N2O2S2/c1-9-8-18(15,16)7-5-14(9)12(10(2)13)11-4-3-6-17-11/h3-4,6,9-10,12H,5,7-8,13H2,1-2H3. The summed E-state index contributed by atoms with van der Waals surface area (Å²) >= 11 is 1.68. The van der Waals surface area contributed by atoms with Gasteiger partial charge in [-0.2, -0.15) is 0 Å². The molecule has 1 aromatic heterocycles. The summed E-state index contributed by atoms with van der Waals surface area (Å²) in [5.41, 5.74) is 6.10. The summed E-state index contributed by atoms with van der Waals surface area (Å²) in [6.07, 6.45) is 0. The maximum Gasteiger partial charge on any atom is 0.153 e. The van der Waals surface area contributed by atoms with Crippen molar-refractivity contribution < 1.29 is 8.42 Å². The number of hydrogen-bond donors (Lipinski definition) is 1. The summed E-state index contributed by atoms with van der Waals surface area (Å²) < 4.78 is 23.3. The highest BCUT2D eigenvalue weighted by Gasteiger charge is 2.35. The van der Waals surface area contributed by atoms with Crippen LogP contribution in [0.5, 0.6) is 0 Å². The number of sulfone groups is 1. The normalized spacial score (nSPS) is 27.8. The molecule has 102 valence electrons. The Hall–Kier alpha value is -0.430. The van der Waals surface area contributed by atoms with E-state index in [0.717, 1.165) is 0 Å². The summed E-state index contributed by atoms with van der Waals surface area (Å²) in [4.78, 5) is 3.45. The first-order chi connectivity index (χ1) is 8.41. The first-order valence-corrected chi connectivity index (χ1v) is 8.86. The molecule has 3 unspecified atom stereocenters. The van der Waals surface area contributed by atoms with Crippen molar-refractivity contribution in [2.75, 3.05) is 18.1 Å². The Bertz CT molecular complexity index is 482. The molecule has 3 atom stereocenters. The smallest absolute Gasteiger partial charge is 0.153 e. The van der Waals surface area contributed by atoms with Gasteiger partial charge in [0.05, 0.1) is 17.5 Å². The average Bonchev–Trinajstić information content (AvgIpc) is 2.73. The SMILES string of the molecule is CC(N)C(c1cccs1)N1CCS(=O)(=O)CC1C. The molecule has 1 aromatic rings. The number of rotatable bonds is 3. The lowest BCUT2D eigenvalue weighted by molar-refractivity contribution is 0.142. The van der Waals surface area contributed by atoms with E-state index in [-0.39, 0.29) is 29.6 Å². The molecule has 2 rings (SSSR count). The molecule has 1 aliphatic rings. The molecule has 0 aliphatic carbocycles. The lowest BCUT2D eigenvalue weighted by atomic mass is 10.1. The molecular formula is C12H20N2O2S2. The van der Waals surface area contributed by atoms with Crippen LogP contribution in [0.15, 0.2) is 17.5 Å². The molecule has 0 spiro atoms. The molecule has 4 nitrogen and oxygen atoms in total. The van der Waals surface area contributed by atoms with Gasteiger partial charge in [0.15, 0.2) is 9.84 Å². The number of nitrogens with two attached hydrogens (primary N) is 1. The predicted molar refractivity (Wildman–Crippen MR) is 75.5 cm³/mol. The van der Waals surface area contributed by atoms with Crippen LogP contribution in [0, 0.1) is 0 Å². The van der Waals surface area contributed by atoms with Gasteiger partial charge in [-0.05, 0) is 25.3 Å². The quantitative estimate of drug-likeness (QED) is 0.909. The molecule has 0 amide bonds. The van der Waals surface area contributed by atoms with E-state index in [1.54, 1.807) is 11.3 Å². The molecular weight excluding hydrogens is 268 g/mol. The number of thiophene rings is 1. The van der Waals surface area contributed by atoms with Gasteiger partial charge >= 0.3 is 0 Å². The van der Waals surface area contributed by atoms with Crippen LogP contribution in [0.2, 0.25) is 0 Å². The highest BCUT2D eigenvalue weighted by molar-refractivity contribution is 7.91. The summed E-state index contributed by atoms with van der Waals surface area (Å²) in [6, 6.07) is 4.24. The third kappa shape index (κ3) is 2.93. The molecule has 18 heavy (non-hydrogen) atoms. The van der Waals surface area contributed by atoms with Crippen LogP contribution in [0.25, 0.3) is 0 Å². The predicted octanol–water partition coefficient (Wildman–Crippen LogP) is 1.26. The molecule has 0 aromatic carbocycles.